The number of alkyl halides is 3. The minimum atomic E-state index is -4.62. The third kappa shape index (κ3) is 3.88. The van der Waals surface area contributed by atoms with E-state index in [0.717, 1.165) is 22.5 Å². The summed E-state index contributed by atoms with van der Waals surface area (Å²) in [7, 11) is 0. The molecule has 0 aliphatic carbocycles. The number of halogens is 3. The highest BCUT2D eigenvalue weighted by molar-refractivity contribution is 5.38. The van der Waals surface area contributed by atoms with Crippen LogP contribution in [0.25, 0.3) is 5.78 Å². The van der Waals surface area contributed by atoms with E-state index in [0.29, 0.717) is 18.1 Å². The predicted molar refractivity (Wildman–Crippen MR) is 93.1 cm³/mol. The number of nitrogens with zero attached hydrogens (tertiary/aromatic N) is 4. The second-order valence-electron chi connectivity index (χ2n) is 5.80. The fourth-order valence-electron chi connectivity index (χ4n) is 2.47. The number of rotatable bonds is 5. The molecule has 9 heteroatoms. The second-order valence-corrected chi connectivity index (χ2v) is 5.80. The molecule has 28 heavy (non-hydrogen) atoms. The van der Waals surface area contributed by atoms with Crippen LogP contribution in [0, 0.1) is 0 Å². The van der Waals surface area contributed by atoms with E-state index in [-0.39, 0.29) is 11.7 Å². The minimum absolute atomic E-state index is 0.146. The Morgan fingerprint density at radius 1 is 0.929 bits per heavy atom. The lowest BCUT2D eigenvalue weighted by Crippen LogP contribution is -2.10. The standard InChI is InChI=1S/C19H13F3N4O2/c20-19(21,22)16-10-17(26-18(25-16)23-12-24-26)28-15-8-6-14(7-9-15)27-11-13-4-2-1-3-5-13/h1-10,12H,11H2. The molecule has 0 saturated heterocycles. The van der Waals surface area contributed by atoms with E-state index in [4.69, 9.17) is 9.47 Å². The Hall–Kier alpha value is -3.62. The van der Waals surface area contributed by atoms with Gasteiger partial charge in [0.2, 0.25) is 5.88 Å². The predicted octanol–water partition coefficient (Wildman–Crippen LogP) is 4.51. The Morgan fingerprint density at radius 3 is 2.36 bits per heavy atom. The van der Waals surface area contributed by atoms with E-state index in [9.17, 15) is 13.2 Å². The Labute approximate surface area is 157 Å². The highest BCUT2D eigenvalue weighted by Crippen LogP contribution is 2.32. The minimum Gasteiger partial charge on any atom is -0.489 e. The highest BCUT2D eigenvalue weighted by Gasteiger charge is 2.34. The van der Waals surface area contributed by atoms with E-state index in [1.807, 2.05) is 30.3 Å². The van der Waals surface area contributed by atoms with Crippen molar-refractivity contribution in [1.29, 1.82) is 0 Å². The second kappa shape index (κ2) is 7.18. The zero-order chi connectivity index (χ0) is 19.6. The van der Waals surface area contributed by atoms with Gasteiger partial charge in [0.15, 0.2) is 5.69 Å². The van der Waals surface area contributed by atoms with Gasteiger partial charge < -0.3 is 9.47 Å². The summed E-state index contributed by atoms with van der Waals surface area (Å²) >= 11 is 0. The van der Waals surface area contributed by atoms with Crippen LogP contribution in [0.4, 0.5) is 13.2 Å². The summed E-state index contributed by atoms with van der Waals surface area (Å²) < 4.78 is 51.4. The summed E-state index contributed by atoms with van der Waals surface area (Å²) in [6, 6.07) is 17.0. The van der Waals surface area contributed by atoms with Crippen molar-refractivity contribution in [2.75, 3.05) is 0 Å². The summed E-state index contributed by atoms with van der Waals surface area (Å²) in [5.74, 6) is 0.580. The molecule has 0 bridgehead atoms. The molecule has 0 fully saturated rings. The van der Waals surface area contributed by atoms with Crippen molar-refractivity contribution in [1.82, 2.24) is 19.6 Å². The number of hydrogen-bond acceptors (Lipinski definition) is 5. The van der Waals surface area contributed by atoms with Crippen molar-refractivity contribution < 1.29 is 22.6 Å². The monoisotopic (exact) mass is 386 g/mol. The molecule has 0 atom stereocenters. The number of hydrogen-bond donors (Lipinski definition) is 0. The maximum atomic E-state index is 13.0. The van der Waals surface area contributed by atoms with Crippen LogP contribution in [-0.2, 0) is 12.8 Å². The van der Waals surface area contributed by atoms with Crippen molar-refractivity contribution in [3.8, 4) is 17.4 Å². The van der Waals surface area contributed by atoms with Gasteiger partial charge in [-0.1, -0.05) is 30.3 Å². The Balaban J connectivity index is 1.52. The fourth-order valence-corrected chi connectivity index (χ4v) is 2.47. The van der Waals surface area contributed by atoms with E-state index in [2.05, 4.69) is 15.1 Å². The van der Waals surface area contributed by atoms with E-state index in [1.54, 1.807) is 24.3 Å². The molecule has 0 unspecified atom stereocenters. The molecule has 142 valence electrons. The molecule has 0 radical (unpaired) electrons. The van der Waals surface area contributed by atoms with Crippen LogP contribution in [0.5, 0.6) is 17.4 Å². The fraction of sp³-hybridized carbons (Fsp3) is 0.105. The molecule has 2 aromatic carbocycles. The molecular formula is C19H13F3N4O2. The van der Waals surface area contributed by atoms with Crippen LogP contribution in [0.3, 0.4) is 0 Å². The van der Waals surface area contributed by atoms with Crippen molar-refractivity contribution in [3.05, 3.63) is 78.2 Å². The van der Waals surface area contributed by atoms with Gasteiger partial charge in [-0.3, -0.25) is 0 Å². The molecular weight excluding hydrogens is 373 g/mol. The van der Waals surface area contributed by atoms with Crippen molar-refractivity contribution >= 4 is 5.78 Å². The topological polar surface area (TPSA) is 61.5 Å². The van der Waals surface area contributed by atoms with Crippen LogP contribution in [-0.4, -0.2) is 19.6 Å². The third-order valence-corrected chi connectivity index (χ3v) is 3.80. The first-order valence-corrected chi connectivity index (χ1v) is 8.22. The Kier molecular flexibility index (Phi) is 4.56. The number of benzene rings is 2. The van der Waals surface area contributed by atoms with Crippen LogP contribution in [0.15, 0.2) is 67.0 Å². The third-order valence-electron chi connectivity index (χ3n) is 3.80. The molecule has 4 rings (SSSR count). The van der Waals surface area contributed by atoms with Gasteiger partial charge in [0.25, 0.3) is 5.78 Å². The zero-order valence-corrected chi connectivity index (χ0v) is 14.3. The van der Waals surface area contributed by atoms with E-state index in [1.165, 1.54) is 0 Å². The molecule has 0 N–H and O–H groups in total. The molecule has 0 saturated carbocycles. The van der Waals surface area contributed by atoms with Gasteiger partial charge in [-0.15, -0.1) is 0 Å². The summed E-state index contributed by atoms with van der Waals surface area (Å²) in [5.41, 5.74) is -0.0846. The SMILES string of the molecule is FC(F)(F)c1cc(Oc2ccc(OCc3ccccc3)cc2)n2ncnc2n1. The van der Waals surface area contributed by atoms with Gasteiger partial charge in [0.1, 0.15) is 24.4 Å². The molecule has 4 aromatic rings. The van der Waals surface area contributed by atoms with Gasteiger partial charge in [-0.25, -0.2) is 4.98 Å². The average molecular weight is 386 g/mol. The first kappa shape index (κ1) is 17.8. The Morgan fingerprint density at radius 2 is 1.64 bits per heavy atom. The first-order valence-electron chi connectivity index (χ1n) is 8.22. The van der Waals surface area contributed by atoms with Crippen molar-refractivity contribution in [3.63, 3.8) is 0 Å². The van der Waals surface area contributed by atoms with Gasteiger partial charge in [0.05, 0.1) is 0 Å². The number of aromatic nitrogens is 4. The summed E-state index contributed by atoms with van der Waals surface area (Å²) in [4.78, 5) is 7.14. The van der Waals surface area contributed by atoms with E-state index < -0.39 is 11.9 Å². The summed E-state index contributed by atoms with van der Waals surface area (Å²) in [5, 5.41) is 3.84. The van der Waals surface area contributed by atoms with Gasteiger partial charge in [-0.05, 0) is 29.8 Å². The maximum Gasteiger partial charge on any atom is 0.433 e. The van der Waals surface area contributed by atoms with Gasteiger partial charge in [0, 0.05) is 6.07 Å². The van der Waals surface area contributed by atoms with E-state index >= 15 is 0 Å². The normalized spacial score (nSPS) is 11.5. The number of fused-ring (bicyclic) bond motifs is 1. The lowest BCUT2D eigenvalue weighted by atomic mass is 10.2. The Bertz CT molecular complexity index is 1080. The molecule has 0 spiro atoms. The van der Waals surface area contributed by atoms with Crippen LogP contribution < -0.4 is 9.47 Å². The van der Waals surface area contributed by atoms with Crippen LogP contribution >= 0.6 is 0 Å². The highest BCUT2D eigenvalue weighted by atomic mass is 19.4. The zero-order valence-electron chi connectivity index (χ0n) is 14.3. The van der Waals surface area contributed by atoms with Gasteiger partial charge in [-0.2, -0.15) is 27.8 Å². The maximum absolute atomic E-state index is 13.0. The summed E-state index contributed by atoms with van der Waals surface area (Å²) in [6.07, 6.45) is -3.52. The molecule has 6 nitrogen and oxygen atoms in total. The largest absolute Gasteiger partial charge is 0.489 e. The molecule has 2 heterocycles. The molecule has 2 aromatic heterocycles. The first-order chi connectivity index (χ1) is 13.5. The summed E-state index contributed by atoms with van der Waals surface area (Å²) in [6.45, 7) is 0.403. The van der Waals surface area contributed by atoms with Crippen molar-refractivity contribution in [2.45, 2.75) is 12.8 Å². The van der Waals surface area contributed by atoms with Crippen LogP contribution in [0.1, 0.15) is 11.3 Å². The average Bonchev–Trinajstić information content (AvgIpc) is 3.17. The quantitative estimate of drug-likeness (QED) is 0.505. The molecule has 0 aliphatic rings. The lowest BCUT2D eigenvalue weighted by Gasteiger charge is -2.11. The van der Waals surface area contributed by atoms with Gasteiger partial charge >= 0.3 is 6.18 Å². The molecule has 0 aliphatic heterocycles. The van der Waals surface area contributed by atoms with Crippen LogP contribution in [0.2, 0.25) is 0 Å². The lowest BCUT2D eigenvalue weighted by molar-refractivity contribution is -0.141. The number of ether oxygens (including phenoxy) is 2. The smallest absolute Gasteiger partial charge is 0.433 e. The van der Waals surface area contributed by atoms with Crippen molar-refractivity contribution in [2.24, 2.45) is 0 Å². The molecule has 0 amide bonds.